The third-order valence-corrected chi connectivity index (χ3v) is 13.4. The average molecular weight is 841 g/mol. The molecule has 0 fully saturated rings. The summed E-state index contributed by atoms with van der Waals surface area (Å²) in [4.78, 5) is 15.7. The van der Waals surface area contributed by atoms with Gasteiger partial charge in [-0.05, 0) is 109 Å². The molecule has 5 nitrogen and oxygen atoms in total. The number of aromatic nitrogens is 4. The largest absolute Gasteiger partial charge is 0.456 e. The quantitative estimate of drug-likeness (QED) is 0.173. The molecule has 14 rings (SSSR count). The molecule has 0 saturated heterocycles. The number of fused-ring (bicyclic) bond motifs is 10. The van der Waals surface area contributed by atoms with Gasteiger partial charge in [0.15, 0.2) is 17.5 Å². The lowest BCUT2D eigenvalue weighted by molar-refractivity contribution is 0.669. The van der Waals surface area contributed by atoms with Crippen LogP contribution in [-0.2, 0) is 0 Å². The first-order valence-corrected chi connectivity index (χ1v) is 22.3. The van der Waals surface area contributed by atoms with Gasteiger partial charge in [-0.15, -0.1) is 0 Å². The Hall–Kier alpha value is -8.93. The van der Waals surface area contributed by atoms with Crippen LogP contribution < -0.4 is 0 Å². The van der Waals surface area contributed by atoms with E-state index < -0.39 is 0 Å². The van der Waals surface area contributed by atoms with Gasteiger partial charge in [-0.3, -0.25) is 0 Å². The molecule has 0 bridgehead atoms. The number of rotatable bonds is 5. The minimum Gasteiger partial charge on any atom is -0.456 e. The van der Waals surface area contributed by atoms with Crippen LogP contribution in [-0.4, -0.2) is 19.5 Å². The van der Waals surface area contributed by atoms with E-state index >= 15 is 0 Å². The van der Waals surface area contributed by atoms with E-state index in [1.165, 1.54) is 48.7 Å². The monoisotopic (exact) mass is 840 g/mol. The standard InChI is InChI=1S/C61H36N4O/c1-2-14-38(15-3-1)59-62-60(44-26-28-49-48-22-10-11-24-57(48)66-58(49)36-44)64-61(63-59)50-29-30-54(51-33-43(25-27-47(50)51)46-23-12-20-37-13-8-9-21-45(37)46)65-55-34-41-18-6-4-16-39(41)31-52(55)53-32-40-17-5-7-19-42(40)35-56(53)65/h1-36H. The third kappa shape index (κ3) is 5.70. The SMILES string of the molecule is c1ccc(-c2nc(-c3ccc4c(c3)oc3ccccc34)nc(-c3ccc(-n4c5cc6ccccc6cc5c5cc6ccccc6cc54)c4cc(-c5cccc6ccccc56)ccc34)n2)cc1. The summed E-state index contributed by atoms with van der Waals surface area (Å²) in [6.45, 7) is 0. The number of para-hydroxylation sites is 1. The molecular formula is C61H36N4O. The molecule has 0 unspecified atom stereocenters. The molecule has 3 aromatic heterocycles. The second kappa shape index (κ2) is 14.3. The minimum absolute atomic E-state index is 0.576. The van der Waals surface area contributed by atoms with Gasteiger partial charge in [0.2, 0.25) is 0 Å². The van der Waals surface area contributed by atoms with E-state index in [1.54, 1.807) is 0 Å². The van der Waals surface area contributed by atoms with Gasteiger partial charge >= 0.3 is 0 Å². The van der Waals surface area contributed by atoms with E-state index in [9.17, 15) is 0 Å². The molecule has 0 saturated carbocycles. The highest BCUT2D eigenvalue weighted by molar-refractivity contribution is 6.18. The van der Waals surface area contributed by atoms with Gasteiger partial charge in [0.25, 0.3) is 0 Å². The van der Waals surface area contributed by atoms with Gasteiger partial charge in [-0.1, -0.05) is 158 Å². The van der Waals surface area contributed by atoms with Gasteiger partial charge in [0.1, 0.15) is 11.2 Å². The fraction of sp³-hybridized carbons (Fsp3) is 0. The lowest BCUT2D eigenvalue weighted by Gasteiger charge is -2.17. The van der Waals surface area contributed by atoms with Gasteiger partial charge in [0, 0.05) is 43.6 Å². The van der Waals surface area contributed by atoms with E-state index in [4.69, 9.17) is 19.4 Å². The van der Waals surface area contributed by atoms with Crippen molar-refractivity contribution in [2.75, 3.05) is 0 Å². The van der Waals surface area contributed by atoms with Crippen molar-refractivity contribution in [1.82, 2.24) is 19.5 Å². The Bertz CT molecular complexity index is 4200. The van der Waals surface area contributed by atoms with Crippen molar-refractivity contribution in [1.29, 1.82) is 0 Å². The number of hydrogen-bond acceptors (Lipinski definition) is 4. The summed E-state index contributed by atoms with van der Waals surface area (Å²) in [7, 11) is 0. The zero-order valence-corrected chi connectivity index (χ0v) is 35.5. The molecule has 66 heavy (non-hydrogen) atoms. The normalized spacial score (nSPS) is 11.9. The molecule has 11 aromatic carbocycles. The molecule has 5 heteroatoms. The smallest absolute Gasteiger partial charge is 0.164 e. The first kappa shape index (κ1) is 36.5. The Morgan fingerprint density at radius 2 is 0.848 bits per heavy atom. The Balaban J connectivity index is 1.06. The maximum atomic E-state index is 6.36. The van der Waals surface area contributed by atoms with Crippen LogP contribution in [0.25, 0.3) is 138 Å². The fourth-order valence-electron chi connectivity index (χ4n) is 10.2. The molecule has 0 spiro atoms. The molecule has 3 heterocycles. The summed E-state index contributed by atoms with van der Waals surface area (Å²) in [5.74, 6) is 1.77. The summed E-state index contributed by atoms with van der Waals surface area (Å²) in [5, 5.41) is 13.9. The van der Waals surface area contributed by atoms with Crippen LogP contribution in [0.5, 0.6) is 0 Å². The number of hydrogen-bond donors (Lipinski definition) is 0. The molecule has 306 valence electrons. The minimum atomic E-state index is 0.576. The van der Waals surface area contributed by atoms with Crippen molar-refractivity contribution >= 4 is 86.8 Å². The predicted octanol–water partition coefficient (Wildman–Crippen LogP) is 16.1. The van der Waals surface area contributed by atoms with Crippen LogP contribution in [0.4, 0.5) is 0 Å². The van der Waals surface area contributed by atoms with E-state index in [2.05, 4.69) is 187 Å². The number of nitrogens with zero attached hydrogens (tertiary/aromatic N) is 4. The Morgan fingerprint density at radius 1 is 0.288 bits per heavy atom. The molecule has 0 atom stereocenters. The van der Waals surface area contributed by atoms with Crippen molar-refractivity contribution in [3.8, 4) is 51.0 Å². The maximum absolute atomic E-state index is 6.36. The number of benzene rings is 11. The summed E-state index contributed by atoms with van der Waals surface area (Å²) < 4.78 is 8.83. The molecule has 0 aliphatic rings. The van der Waals surface area contributed by atoms with E-state index in [0.29, 0.717) is 17.5 Å². The molecule has 0 aliphatic carbocycles. The van der Waals surface area contributed by atoms with Crippen molar-refractivity contribution < 1.29 is 4.42 Å². The highest BCUT2D eigenvalue weighted by Gasteiger charge is 2.21. The lowest BCUT2D eigenvalue weighted by Crippen LogP contribution is -2.02. The van der Waals surface area contributed by atoms with Crippen LogP contribution in [0.15, 0.2) is 223 Å². The molecule has 0 N–H and O–H groups in total. The summed E-state index contributed by atoms with van der Waals surface area (Å²) in [6, 6.07) is 77.9. The first-order chi connectivity index (χ1) is 32.7. The zero-order chi connectivity index (χ0) is 43.3. The van der Waals surface area contributed by atoms with Crippen LogP contribution in [0.1, 0.15) is 0 Å². The highest BCUT2D eigenvalue weighted by Crippen LogP contribution is 2.43. The second-order valence-electron chi connectivity index (χ2n) is 17.2. The first-order valence-electron chi connectivity index (χ1n) is 22.3. The highest BCUT2D eigenvalue weighted by atomic mass is 16.3. The van der Waals surface area contributed by atoms with Crippen LogP contribution >= 0.6 is 0 Å². The molecule has 0 aliphatic heterocycles. The van der Waals surface area contributed by atoms with E-state index in [0.717, 1.165) is 71.7 Å². The maximum Gasteiger partial charge on any atom is 0.164 e. The lowest BCUT2D eigenvalue weighted by atomic mass is 9.94. The molecular weight excluding hydrogens is 805 g/mol. The number of furan rings is 1. The van der Waals surface area contributed by atoms with E-state index in [1.807, 2.05) is 36.4 Å². The second-order valence-corrected chi connectivity index (χ2v) is 17.2. The summed E-state index contributed by atoms with van der Waals surface area (Å²) >= 11 is 0. The van der Waals surface area contributed by atoms with Gasteiger partial charge in [-0.25, -0.2) is 15.0 Å². The van der Waals surface area contributed by atoms with Crippen molar-refractivity contribution in [2.24, 2.45) is 0 Å². The molecule has 14 aromatic rings. The van der Waals surface area contributed by atoms with E-state index in [-0.39, 0.29) is 0 Å². The summed E-state index contributed by atoms with van der Waals surface area (Å²) in [6.07, 6.45) is 0. The zero-order valence-electron chi connectivity index (χ0n) is 35.5. The average Bonchev–Trinajstić information content (AvgIpc) is 3.90. The van der Waals surface area contributed by atoms with Gasteiger partial charge in [0.05, 0.1) is 16.7 Å². The molecule has 0 radical (unpaired) electrons. The Labute approximate surface area is 378 Å². The third-order valence-electron chi connectivity index (χ3n) is 13.4. The molecule has 0 amide bonds. The Morgan fingerprint density at radius 3 is 1.59 bits per heavy atom. The predicted molar refractivity (Wildman–Crippen MR) is 273 cm³/mol. The topological polar surface area (TPSA) is 56.7 Å². The van der Waals surface area contributed by atoms with Crippen LogP contribution in [0.3, 0.4) is 0 Å². The van der Waals surface area contributed by atoms with Crippen molar-refractivity contribution in [3.63, 3.8) is 0 Å². The van der Waals surface area contributed by atoms with Crippen molar-refractivity contribution in [2.45, 2.75) is 0 Å². The van der Waals surface area contributed by atoms with Gasteiger partial charge in [-0.2, -0.15) is 0 Å². The van der Waals surface area contributed by atoms with Crippen LogP contribution in [0.2, 0.25) is 0 Å². The fourth-order valence-corrected chi connectivity index (χ4v) is 10.2. The summed E-state index contributed by atoms with van der Waals surface area (Å²) in [5.41, 5.74) is 10.0. The van der Waals surface area contributed by atoms with Gasteiger partial charge < -0.3 is 8.98 Å². The van der Waals surface area contributed by atoms with Crippen LogP contribution in [0, 0.1) is 0 Å². The Kier molecular flexibility index (Phi) is 7.91. The van der Waals surface area contributed by atoms with Crippen molar-refractivity contribution in [3.05, 3.63) is 218 Å².